The van der Waals surface area contributed by atoms with E-state index in [-0.39, 0.29) is 35.4 Å². The molecule has 2 unspecified atom stereocenters. The molecule has 2 N–H and O–H groups in total. The van der Waals surface area contributed by atoms with Gasteiger partial charge in [-0.05, 0) is 56.7 Å². The van der Waals surface area contributed by atoms with E-state index in [1.807, 2.05) is 18.2 Å². The van der Waals surface area contributed by atoms with Crippen molar-refractivity contribution >= 4 is 46.4 Å². The van der Waals surface area contributed by atoms with Crippen LogP contribution in [0.2, 0.25) is 0 Å². The standard InChI is InChI=1S/C30H36N8O4/c1-35(2)27(40)23-11-18-15-32-28(34-26(18)38(23)19-5-3-4-6-19)33-24-10-9-22(16-31-24)36-17-30(14-25(36)39)12-20-7-8-21(13-30)37(20)29(41)42/h9-11,15-16,19-21H,3-8,12-14,17H2,1-2H3,(H,41,42)(H,31,32,33,34). The molecular weight excluding hydrogens is 536 g/mol. The monoisotopic (exact) mass is 572 g/mol. The largest absolute Gasteiger partial charge is 0.465 e. The minimum Gasteiger partial charge on any atom is -0.465 e. The summed E-state index contributed by atoms with van der Waals surface area (Å²) in [6.07, 6.45) is 10.5. The van der Waals surface area contributed by atoms with Crippen LogP contribution in [0, 0.1) is 5.41 Å². The second kappa shape index (κ2) is 9.95. The van der Waals surface area contributed by atoms with Gasteiger partial charge in [-0.3, -0.25) is 9.59 Å². The smallest absolute Gasteiger partial charge is 0.407 e. The topological polar surface area (TPSA) is 137 Å². The Morgan fingerprint density at radius 1 is 1.02 bits per heavy atom. The molecule has 3 saturated heterocycles. The SMILES string of the molecule is CN(C)C(=O)c1cc2cnc(Nc3ccc(N4CC5(CC4=O)CC4CCC(C5)N4C(=O)O)cn3)nc2n1C1CCCC1. The number of nitrogens with zero attached hydrogens (tertiary/aromatic N) is 7. The summed E-state index contributed by atoms with van der Waals surface area (Å²) in [5.74, 6) is 0.951. The average molecular weight is 573 g/mol. The molecule has 1 saturated carbocycles. The summed E-state index contributed by atoms with van der Waals surface area (Å²) in [6.45, 7) is 0.590. The molecule has 0 radical (unpaired) electrons. The number of amides is 3. The van der Waals surface area contributed by atoms with Crippen LogP contribution in [-0.2, 0) is 4.79 Å². The predicted molar refractivity (Wildman–Crippen MR) is 156 cm³/mol. The summed E-state index contributed by atoms with van der Waals surface area (Å²) in [6, 6.07) is 5.81. The van der Waals surface area contributed by atoms with Crippen molar-refractivity contribution in [3.63, 3.8) is 0 Å². The zero-order chi connectivity index (χ0) is 29.2. The van der Waals surface area contributed by atoms with Gasteiger partial charge in [-0.1, -0.05) is 12.8 Å². The van der Waals surface area contributed by atoms with E-state index in [2.05, 4.69) is 19.9 Å². The third kappa shape index (κ3) is 4.44. The molecule has 4 aliphatic rings. The van der Waals surface area contributed by atoms with E-state index in [0.29, 0.717) is 30.4 Å². The summed E-state index contributed by atoms with van der Waals surface area (Å²) >= 11 is 0. The lowest BCUT2D eigenvalue weighted by Crippen LogP contribution is -2.50. The van der Waals surface area contributed by atoms with Crippen LogP contribution in [0.25, 0.3) is 11.0 Å². The zero-order valence-electron chi connectivity index (χ0n) is 24.0. The van der Waals surface area contributed by atoms with Crippen LogP contribution in [0.5, 0.6) is 0 Å². The molecule has 3 amide bonds. The van der Waals surface area contributed by atoms with Gasteiger partial charge >= 0.3 is 6.09 Å². The minimum atomic E-state index is -0.844. The molecule has 6 heterocycles. The van der Waals surface area contributed by atoms with E-state index in [1.165, 1.54) is 0 Å². The molecule has 2 atom stereocenters. The van der Waals surface area contributed by atoms with Crippen molar-refractivity contribution in [2.24, 2.45) is 5.41 Å². The predicted octanol–water partition coefficient (Wildman–Crippen LogP) is 4.41. The highest BCUT2D eigenvalue weighted by molar-refractivity contribution is 5.98. The van der Waals surface area contributed by atoms with Crippen molar-refractivity contribution in [1.82, 2.24) is 29.3 Å². The number of piperidine rings is 1. The molecule has 4 fully saturated rings. The van der Waals surface area contributed by atoms with Crippen LogP contribution in [0.1, 0.15) is 74.3 Å². The van der Waals surface area contributed by atoms with Crippen molar-refractivity contribution in [3.05, 3.63) is 36.3 Å². The third-order valence-corrected chi connectivity index (χ3v) is 9.69. The van der Waals surface area contributed by atoms with Crippen LogP contribution in [-0.4, -0.2) is 85.1 Å². The van der Waals surface area contributed by atoms with Gasteiger partial charge in [0.05, 0.1) is 11.9 Å². The highest BCUT2D eigenvalue weighted by Crippen LogP contribution is 2.51. The fourth-order valence-corrected chi connectivity index (χ4v) is 7.89. The lowest BCUT2D eigenvalue weighted by atomic mass is 9.74. The fourth-order valence-electron chi connectivity index (χ4n) is 7.89. The second-order valence-electron chi connectivity index (χ2n) is 12.7. The number of carbonyl (C=O) groups is 3. The Bertz CT molecular complexity index is 1550. The maximum atomic E-state index is 13.1. The molecule has 3 aromatic rings. The van der Waals surface area contributed by atoms with Crippen molar-refractivity contribution in [3.8, 4) is 0 Å². The molecule has 0 aromatic carbocycles. The van der Waals surface area contributed by atoms with Gasteiger partial charge in [-0.15, -0.1) is 0 Å². The molecule has 42 heavy (non-hydrogen) atoms. The number of aromatic nitrogens is 4. The third-order valence-electron chi connectivity index (χ3n) is 9.69. The van der Waals surface area contributed by atoms with Crippen molar-refractivity contribution in [1.29, 1.82) is 0 Å². The fraction of sp³-hybridized carbons (Fsp3) is 0.533. The highest BCUT2D eigenvalue weighted by atomic mass is 16.4. The normalized spacial score (nSPS) is 25.6. The summed E-state index contributed by atoms with van der Waals surface area (Å²) in [4.78, 5) is 56.7. The number of carbonyl (C=O) groups excluding carboxylic acids is 2. The van der Waals surface area contributed by atoms with Crippen molar-refractivity contribution < 1.29 is 19.5 Å². The lowest BCUT2D eigenvalue weighted by Gasteiger charge is -2.43. The van der Waals surface area contributed by atoms with E-state index in [0.717, 1.165) is 68.1 Å². The molecule has 1 aliphatic carbocycles. The van der Waals surface area contributed by atoms with E-state index in [9.17, 15) is 19.5 Å². The lowest BCUT2D eigenvalue weighted by molar-refractivity contribution is -0.118. The molecule has 3 aliphatic heterocycles. The quantitative estimate of drug-likeness (QED) is 0.459. The van der Waals surface area contributed by atoms with E-state index in [4.69, 9.17) is 4.98 Å². The van der Waals surface area contributed by atoms with E-state index < -0.39 is 6.09 Å². The molecule has 220 valence electrons. The Morgan fingerprint density at radius 3 is 2.40 bits per heavy atom. The Hall–Kier alpha value is -4.22. The van der Waals surface area contributed by atoms with Crippen molar-refractivity contribution in [2.75, 3.05) is 30.9 Å². The summed E-state index contributed by atoms with van der Waals surface area (Å²) in [5, 5.41) is 13.6. The molecule has 2 bridgehead atoms. The Kier molecular flexibility index (Phi) is 6.32. The molecule has 3 aromatic heterocycles. The number of rotatable bonds is 5. The minimum absolute atomic E-state index is 0.00268. The molecule has 1 spiro atoms. The number of pyridine rings is 1. The number of carboxylic acid groups (broad SMARTS) is 1. The first kappa shape index (κ1) is 26.7. The van der Waals surface area contributed by atoms with Crippen LogP contribution >= 0.6 is 0 Å². The summed E-state index contributed by atoms with van der Waals surface area (Å²) < 4.78 is 2.08. The van der Waals surface area contributed by atoms with Crippen LogP contribution in [0.3, 0.4) is 0 Å². The van der Waals surface area contributed by atoms with Crippen LogP contribution < -0.4 is 10.2 Å². The van der Waals surface area contributed by atoms with Gasteiger partial charge in [-0.25, -0.2) is 14.8 Å². The second-order valence-corrected chi connectivity index (χ2v) is 12.7. The Balaban J connectivity index is 1.09. The van der Waals surface area contributed by atoms with Gasteiger partial charge in [0.25, 0.3) is 5.91 Å². The molecule has 12 heteroatoms. The summed E-state index contributed by atoms with van der Waals surface area (Å²) in [7, 11) is 3.52. The maximum absolute atomic E-state index is 13.1. The zero-order valence-corrected chi connectivity index (χ0v) is 24.0. The van der Waals surface area contributed by atoms with Crippen LogP contribution in [0.15, 0.2) is 30.6 Å². The van der Waals surface area contributed by atoms with E-state index >= 15 is 0 Å². The first-order valence-corrected chi connectivity index (χ1v) is 14.9. The van der Waals surface area contributed by atoms with Gasteiger partial charge in [0.1, 0.15) is 17.2 Å². The summed E-state index contributed by atoms with van der Waals surface area (Å²) in [5.41, 5.74) is 1.91. The molecular formula is C30H36N8O4. The molecule has 12 nitrogen and oxygen atoms in total. The number of hydrogen-bond donors (Lipinski definition) is 2. The maximum Gasteiger partial charge on any atom is 0.407 e. The van der Waals surface area contributed by atoms with Crippen molar-refractivity contribution in [2.45, 2.75) is 75.9 Å². The first-order valence-electron chi connectivity index (χ1n) is 14.9. The Morgan fingerprint density at radius 2 is 1.76 bits per heavy atom. The number of fused-ring (bicyclic) bond motifs is 3. The number of nitrogens with one attached hydrogen (secondary N) is 1. The van der Waals surface area contributed by atoms with Gasteiger partial charge in [0.2, 0.25) is 11.9 Å². The van der Waals surface area contributed by atoms with Gasteiger partial charge < -0.3 is 29.7 Å². The van der Waals surface area contributed by atoms with Crippen LogP contribution in [0.4, 0.5) is 22.2 Å². The highest BCUT2D eigenvalue weighted by Gasteiger charge is 2.54. The first-order chi connectivity index (χ1) is 20.2. The van der Waals surface area contributed by atoms with E-state index in [1.54, 1.807) is 41.2 Å². The van der Waals surface area contributed by atoms with Gasteiger partial charge in [-0.2, -0.15) is 4.98 Å². The molecule has 7 rings (SSSR count). The number of anilines is 3. The Labute approximate surface area is 243 Å². The number of hydrogen-bond acceptors (Lipinski definition) is 7. The van der Waals surface area contributed by atoms with Gasteiger partial charge in [0.15, 0.2) is 0 Å². The average Bonchev–Trinajstić information content (AvgIpc) is 3.73. The van der Waals surface area contributed by atoms with Gasteiger partial charge in [0, 0.05) is 62.2 Å².